The van der Waals surface area contributed by atoms with Gasteiger partial charge in [0.25, 0.3) is 0 Å². The molecule has 2 nitrogen and oxygen atoms in total. The molecule has 0 aliphatic rings. The molecule has 1 aromatic carbocycles. The van der Waals surface area contributed by atoms with Gasteiger partial charge in [-0.25, -0.2) is 4.39 Å². The highest BCUT2D eigenvalue weighted by atomic mass is 19.1. The van der Waals surface area contributed by atoms with Crippen LogP contribution in [0.5, 0.6) is 0 Å². The molecule has 0 aromatic heterocycles. The Balaban J connectivity index is 2.81. The van der Waals surface area contributed by atoms with E-state index in [-0.39, 0.29) is 24.1 Å². The number of benzene rings is 1. The van der Waals surface area contributed by atoms with Crippen molar-refractivity contribution >= 4 is 0 Å². The van der Waals surface area contributed by atoms with Gasteiger partial charge in [-0.05, 0) is 32.3 Å². The zero-order chi connectivity index (χ0) is 13.7. The molecule has 3 heteroatoms. The van der Waals surface area contributed by atoms with Gasteiger partial charge in [-0.15, -0.1) is 0 Å². The summed E-state index contributed by atoms with van der Waals surface area (Å²) in [6.45, 7) is 8.14. The van der Waals surface area contributed by atoms with E-state index >= 15 is 0 Å². The molecule has 0 aliphatic heterocycles. The summed E-state index contributed by atoms with van der Waals surface area (Å²) in [5, 5.41) is 0. The molecule has 0 fully saturated rings. The molecular weight excluding hydrogens is 229 g/mol. The highest BCUT2D eigenvalue weighted by molar-refractivity contribution is 5.21. The van der Waals surface area contributed by atoms with Crippen LogP contribution < -0.4 is 5.73 Å². The number of hydrogen-bond acceptors (Lipinski definition) is 2. The van der Waals surface area contributed by atoms with Gasteiger partial charge in [0, 0.05) is 11.6 Å². The summed E-state index contributed by atoms with van der Waals surface area (Å²) in [6.07, 6.45) is 0.623. The van der Waals surface area contributed by atoms with Gasteiger partial charge < -0.3 is 10.5 Å². The van der Waals surface area contributed by atoms with Crippen LogP contribution in [0, 0.1) is 11.7 Å². The molecule has 0 saturated heterocycles. The average molecular weight is 253 g/mol. The van der Waals surface area contributed by atoms with Gasteiger partial charge in [-0.2, -0.15) is 0 Å². The van der Waals surface area contributed by atoms with Crippen LogP contribution in [0.1, 0.15) is 45.8 Å². The van der Waals surface area contributed by atoms with Crippen molar-refractivity contribution in [1.29, 1.82) is 0 Å². The molecular formula is C15H24FNO. The number of ether oxygens (including phenoxy) is 1. The second-order valence-electron chi connectivity index (χ2n) is 5.38. The molecule has 102 valence electrons. The third kappa shape index (κ3) is 4.39. The fraction of sp³-hybridized carbons (Fsp3) is 0.600. The number of hydrogen-bond donors (Lipinski definition) is 1. The largest absolute Gasteiger partial charge is 0.369 e. The Hall–Kier alpha value is -0.930. The molecule has 0 heterocycles. The highest BCUT2D eigenvalue weighted by Crippen LogP contribution is 2.26. The number of rotatable bonds is 6. The summed E-state index contributed by atoms with van der Waals surface area (Å²) in [6, 6.07) is 6.43. The van der Waals surface area contributed by atoms with E-state index < -0.39 is 0 Å². The van der Waals surface area contributed by atoms with Gasteiger partial charge in [0.05, 0.1) is 6.10 Å². The molecule has 0 bridgehead atoms. The lowest BCUT2D eigenvalue weighted by molar-refractivity contribution is -0.0253. The van der Waals surface area contributed by atoms with E-state index in [2.05, 4.69) is 13.8 Å². The van der Waals surface area contributed by atoms with Crippen molar-refractivity contribution in [1.82, 2.24) is 0 Å². The summed E-state index contributed by atoms with van der Waals surface area (Å²) in [7, 11) is 0. The van der Waals surface area contributed by atoms with E-state index in [1.807, 2.05) is 19.9 Å². The van der Waals surface area contributed by atoms with Gasteiger partial charge in [-0.3, -0.25) is 0 Å². The van der Waals surface area contributed by atoms with Crippen LogP contribution in [-0.2, 0) is 4.74 Å². The molecule has 3 atom stereocenters. The van der Waals surface area contributed by atoms with Gasteiger partial charge in [-0.1, -0.05) is 32.0 Å². The quantitative estimate of drug-likeness (QED) is 0.839. The smallest absolute Gasteiger partial charge is 0.129 e. The summed E-state index contributed by atoms with van der Waals surface area (Å²) in [5.41, 5.74) is 6.47. The first-order valence-electron chi connectivity index (χ1n) is 6.57. The summed E-state index contributed by atoms with van der Waals surface area (Å²) in [5.74, 6) is 0.297. The van der Waals surface area contributed by atoms with E-state index in [1.54, 1.807) is 12.1 Å². The van der Waals surface area contributed by atoms with Crippen LogP contribution in [0.15, 0.2) is 24.3 Å². The first kappa shape index (κ1) is 15.1. The maximum atomic E-state index is 13.8. The standard InChI is InChI=1S/C15H24FNO/c1-10(2)9-11(3)18-15(12(4)17)13-7-5-6-8-14(13)16/h5-8,10-12,15H,9,17H2,1-4H3. The van der Waals surface area contributed by atoms with Crippen LogP contribution in [-0.4, -0.2) is 12.1 Å². The van der Waals surface area contributed by atoms with Crippen molar-refractivity contribution in [3.8, 4) is 0 Å². The van der Waals surface area contributed by atoms with E-state index in [4.69, 9.17) is 10.5 Å². The Morgan fingerprint density at radius 1 is 1.17 bits per heavy atom. The van der Waals surface area contributed by atoms with Gasteiger partial charge in [0.2, 0.25) is 0 Å². The lowest BCUT2D eigenvalue weighted by Gasteiger charge is -2.27. The monoisotopic (exact) mass is 253 g/mol. The van der Waals surface area contributed by atoms with E-state index in [1.165, 1.54) is 6.07 Å². The van der Waals surface area contributed by atoms with Gasteiger partial charge in [0.1, 0.15) is 11.9 Å². The Kier molecular flexibility index (Phi) is 5.76. The third-order valence-corrected chi connectivity index (χ3v) is 2.87. The van der Waals surface area contributed by atoms with Crippen molar-refractivity contribution in [3.63, 3.8) is 0 Å². The Bertz CT molecular complexity index is 365. The van der Waals surface area contributed by atoms with Crippen molar-refractivity contribution in [3.05, 3.63) is 35.6 Å². The summed E-state index contributed by atoms with van der Waals surface area (Å²) in [4.78, 5) is 0. The van der Waals surface area contributed by atoms with Gasteiger partial charge >= 0.3 is 0 Å². The lowest BCUT2D eigenvalue weighted by atomic mass is 10.0. The molecule has 2 N–H and O–H groups in total. The van der Waals surface area contributed by atoms with E-state index in [9.17, 15) is 4.39 Å². The molecule has 0 amide bonds. The normalized spacial score (nSPS) is 16.6. The Labute approximate surface area is 109 Å². The van der Waals surface area contributed by atoms with Crippen molar-refractivity contribution < 1.29 is 9.13 Å². The molecule has 0 saturated carbocycles. The van der Waals surface area contributed by atoms with Crippen molar-refractivity contribution in [2.24, 2.45) is 11.7 Å². The fourth-order valence-corrected chi connectivity index (χ4v) is 2.16. The molecule has 0 radical (unpaired) electrons. The van der Waals surface area contributed by atoms with Crippen LogP contribution in [0.3, 0.4) is 0 Å². The second-order valence-corrected chi connectivity index (χ2v) is 5.38. The average Bonchev–Trinajstić information content (AvgIpc) is 2.25. The number of nitrogens with two attached hydrogens (primary N) is 1. The van der Waals surface area contributed by atoms with Crippen LogP contribution in [0.4, 0.5) is 4.39 Å². The topological polar surface area (TPSA) is 35.2 Å². The minimum absolute atomic E-state index is 0.0700. The highest BCUT2D eigenvalue weighted by Gasteiger charge is 2.22. The summed E-state index contributed by atoms with van der Waals surface area (Å²) < 4.78 is 19.7. The molecule has 0 aliphatic carbocycles. The zero-order valence-electron chi connectivity index (χ0n) is 11.7. The molecule has 1 aromatic rings. The molecule has 18 heavy (non-hydrogen) atoms. The maximum absolute atomic E-state index is 13.8. The van der Waals surface area contributed by atoms with Crippen LogP contribution >= 0.6 is 0 Å². The Morgan fingerprint density at radius 3 is 2.28 bits per heavy atom. The minimum atomic E-state index is -0.389. The fourth-order valence-electron chi connectivity index (χ4n) is 2.16. The minimum Gasteiger partial charge on any atom is -0.369 e. The predicted octanol–water partition coefficient (Wildman–Crippen LogP) is 3.67. The molecule has 0 spiro atoms. The zero-order valence-corrected chi connectivity index (χ0v) is 11.7. The van der Waals surface area contributed by atoms with Crippen LogP contribution in [0.25, 0.3) is 0 Å². The first-order chi connectivity index (χ1) is 8.41. The van der Waals surface area contributed by atoms with E-state index in [0.717, 1.165) is 6.42 Å². The SMILES string of the molecule is CC(C)CC(C)OC(c1ccccc1F)C(C)N. The Morgan fingerprint density at radius 2 is 1.78 bits per heavy atom. The maximum Gasteiger partial charge on any atom is 0.129 e. The van der Waals surface area contributed by atoms with Crippen LogP contribution in [0.2, 0.25) is 0 Å². The predicted molar refractivity (Wildman–Crippen MR) is 72.8 cm³/mol. The first-order valence-corrected chi connectivity index (χ1v) is 6.57. The van der Waals surface area contributed by atoms with E-state index in [0.29, 0.717) is 11.5 Å². The summed E-state index contributed by atoms with van der Waals surface area (Å²) >= 11 is 0. The lowest BCUT2D eigenvalue weighted by Crippen LogP contribution is -2.30. The second kappa shape index (κ2) is 6.86. The number of halogens is 1. The third-order valence-electron chi connectivity index (χ3n) is 2.87. The van der Waals surface area contributed by atoms with Gasteiger partial charge in [0.15, 0.2) is 0 Å². The molecule has 1 rings (SSSR count). The van der Waals surface area contributed by atoms with Crippen molar-refractivity contribution in [2.45, 2.75) is 52.4 Å². The van der Waals surface area contributed by atoms with Crippen molar-refractivity contribution in [2.75, 3.05) is 0 Å². The molecule has 3 unspecified atom stereocenters.